The average Bonchev–Trinajstić information content (AvgIpc) is 2.83. The third kappa shape index (κ3) is 2.65. The number of ether oxygens (including phenoxy) is 1. The van der Waals surface area contributed by atoms with Gasteiger partial charge in [-0.25, -0.2) is 4.79 Å². The fourth-order valence-electron chi connectivity index (χ4n) is 1.09. The fourth-order valence-corrected chi connectivity index (χ4v) is 2.09. The maximum atomic E-state index is 10.6. The van der Waals surface area contributed by atoms with E-state index in [0.29, 0.717) is 16.2 Å². The average molecular weight is 303 g/mol. The predicted molar refractivity (Wildman–Crippen MR) is 62.0 cm³/mol. The number of carboxylic acids is 1. The van der Waals surface area contributed by atoms with Crippen LogP contribution in [-0.4, -0.2) is 11.1 Å². The molecule has 16 heavy (non-hydrogen) atoms. The summed E-state index contributed by atoms with van der Waals surface area (Å²) in [5, 5.41) is 10.4. The van der Waals surface area contributed by atoms with Crippen molar-refractivity contribution in [1.82, 2.24) is 0 Å². The molecule has 0 atom stereocenters. The van der Waals surface area contributed by atoms with Crippen LogP contribution in [0.5, 0.6) is 5.75 Å². The predicted octanol–water partition coefficient (Wildman–Crippen LogP) is 3.38. The molecule has 0 aliphatic carbocycles. The number of thiophene rings is 1. The van der Waals surface area contributed by atoms with Crippen LogP contribution in [0.15, 0.2) is 32.7 Å². The zero-order valence-corrected chi connectivity index (χ0v) is 10.4. The fraction of sp³-hybridized carbons (Fsp3) is 0.100. The van der Waals surface area contributed by atoms with Crippen molar-refractivity contribution in [3.05, 3.63) is 38.9 Å². The molecule has 2 aromatic rings. The standard InChI is InChI=1S/C10H7BrO4S/c11-9-2-1-6(15-9)4-14-7-3-8(10(12)13)16-5-7/h1-3,5H,4H2,(H,12,13). The Morgan fingerprint density at radius 2 is 2.38 bits per heavy atom. The van der Waals surface area contributed by atoms with Gasteiger partial charge >= 0.3 is 5.97 Å². The molecule has 84 valence electrons. The summed E-state index contributed by atoms with van der Waals surface area (Å²) in [4.78, 5) is 10.9. The van der Waals surface area contributed by atoms with E-state index in [1.807, 2.05) is 0 Å². The molecule has 0 spiro atoms. The van der Waals surface area contributed by atoms with Gasteiger partial charge in [0.2, 0.25) is 0 Å². The van der Waals surface area contributed by atoms with E-state index in [4.69, 9.17) is 14.3 Å². The Morgan fingerprint density at radius 1 is 1.56 bits per heavy atom. The molecule has 0 bridgehead atoms. The monoisotopic (exact) mass is 302 g/mol. The van der Waals surface area contributed by atoms with Crippen LogP contribution in [0.2, 0.25) is 0 Å². The summed E-state index contributed by atoms with van der Waals surface area (Å²) >= 11 is 4.32. The second-order valence-corrected chi connectivity index (χ2v) is 4.64. The first-order valence-electron chi connectivity index (χ1n) is 4.34. The van der Waals surface area contributed by atoms with E-state index in [1.165, 1.54) is 6.07 Å². The molecule has 2 aromatic heterocycles. The largest absolute Gasteiger partial charge is 0.485 e. The van der Waals surface area contributed by atoms with Crippen LogP contribution in [0.4, 0.5) is 0 Å². The topological polar surface area (TPSA) is 59.7 Å². The SMILES string of the molecule is O=C(O)c1cc(OCc2ccc(Br)o2)cs1. The first-order valence-corrected chi connectivity index (χ1v) is 6.01. The Kier molecular flexibility index (Phi) is 3.31. The van der Waals surface area contributed by atoms with E-state index in [9.17, 15) is 4.79 Å². The minimum absolute atomic E-state index is 0.260. The van der Waals surface area contributed by atoms with Gasteiger partial charge in [0.25, 0.3) is 0 Å². The van der Waals surface area contributed by atoms with Gasteiger partial charge in [0, 0.05) is 11.4 Å². The molecule has 4 nitrogen and oxygen atoms in total. The summed E-state index contributed by atoms with van der Waals surface area (Å²) in [5.74, 6) is 0.269. The van der Waals surface area contributed by atoms with Gasteiger partial charge in [-0.1, -0.05) is 0 Å². The molecule has 0 unspecified atom stereocenters. The van der Waals surface area contributed by atoms with Crippen LogP contribution in [0.25, 0.3) is 0 Å². The van der Waals surface area contributed by atoms with Crippen molar-refractivity contribution in [3.63, 3.8) is 0 Å². The van der Waals surface area contributed by atoms with Crippen LogP contribution >= 0.6 is 27.3 Å². The van der Waals surface area contributed by atoms with E-state index in [2.05, 4.69) is 15.9 Å². The molecule has 0 saturated carbocycles. The second-order valence-electron chi connectivity index (χ2n) is 2.95. The van der Waals surface area contributed by atoms with Crippen LogP contribution in [0.3, 0.4) is 0 Å². The molecule has 0 fully saturated rings. The summed E-state index contributed by atoms with van der Waals surface area (Å²) in [6.07, 6.45) is 0. The van der Waals surface area contributed by atoms with Crippen LogP contribution in [-0.2, 0) is 6.61 Å². The number of carboxylic acid groups (broad SMARTS) is 1. The van der Waals surface area contributed by atoms with Crippen molar-refractivity contribution < 1.29 is 19.1 Å². The summed E-state index contributed by atoms with van der Waals surface area (Å²) < 4.78 is 11.2. The van der Waals surface area contributed by atoms with E-state index in [1.54, 1.807) is 17.5 Å². The van der Waals surface area contributed by atoms with Crippen LogP contribution < -0.4 is 4.74 Å². The van der Waals surface area contributed by atoms with Crippen molar-refractivity contribution in [2.45, 2.75) is 6.61 Å². The molecular formula is C10H7BrO4S. The van der Waals surface area contributed by atoms with E-state index in [-0.39, 0.29) is 11.5 Å². The van der Waals surface area contributed by atoms with Gasteiger partial charge in [-0.2, -0.15) is 0 Å². The number of aromatic carboxylic acids is 1. The van der Waals surface area contributed by atoms with Gasteiger partial charge in [-0.15, -0.1) is 11.3 Å². The van der Waals surface area contributed by atoms with E-state index >= 15 is 0 Å². The molecule has 2 heterocycles. The summed E-state index contributed by atoms with van der Waals surface area (Å²) in [7, 11) is 0. The van der Waals surface area contributed by atoms with Crippen molar-refractivity contribution >= 4 is 33.2 Å². The van der Waals surface area contributed by atoms with Crippen molar-refractivity contribution in [2.24, 2.45) is 0 Å². The van der Waals surface area contributed by atoms with Gasteiger partial charge < -0.3 is 14.3 Å². The molecule has 0 amide bonds. The third-order valence-corrected chi connectivity index (χ3v) is 3.12. The Balaban J connectivity index is 1.97. The van der Waals surface area contributed by atoms with Crippen LogP contribution in [0, 0.1) is 0 Å². The van der Waals surface area contributed by atoms with Gasteiger partial charge in [0.1, 0.15) is 23.0 Å². The number of furan rings is 1. The highest BCUT2D eigenvalue weighted by Crippen LogP contribution is 2.23. The number of carbonyl (C=O) groups is 1. The molecule has 6 heteroatoms. The Labute approximate surface area is 104 Å². The number of halogens is 1. The molecule has 0 aromatic carbocycles. The first-order chi connectivity index (χ1) is 7.65. The van der Waals surface area contributed by atoms with E-state index in [0.717, 1.165) is 11.3 Å². The van der Waals surface area contributed by atoms with E-state index < -0.39 is 5.97 Å². The molecule has 0 aliphatic rings. The smallest absolute Gasteiger partial charge is 0.346 e. The van der Waals surface area contributed by atoms with Gasteiger partial charge in [0.15, 0.2) is 4.67 Å². The maximum absolute atomic E-state index is 10.6. The zero-order chi connectivity index (χ0) is 11.5. The van der Waals surface area contributed by atoms with Crippen LogP contribution in [0.1, 0.15) is 15.4 Å². The minimum Gasteiger partial charge on any atom is -0.485 e. The Bertz CT molecular complexity index is 502. The lowest BCUT2D eigenvalue weighted by molar-refractivity contribution is 0.0702. The van der Waals surface area contributed by atoms with Crippen molar-refractivity contribution in [1.29, 1.82) is 0 Å². The molecule has 0 aliphatic heterocycles. The first kappa shape index (κ1) is 11.2. The lowest BCUT2D eigenvalue weighted by Gasteiger charge is -1.99. The lowest BCUT2D eigenvalue weighted by Crippen LogP contribution is -1.93. The minimum atomic E-state index is -0.944. The molecule has 1 N–H and O–H groups in total. The Morgan fingerprint density at radius 3 is 2.94 bits per heavy atom. The third-order valence-electron chi connectivity index (χ3n) is 1.80. The zero-order valence-electron chi connectivity index (χ0n) is 7.97. The summed E-state index contributed by atoms with van der Waals surface area (Å²) in [6, 6.07) is 5.05. The van der Waals surface area contributed by atoms with Gasteiger partial charge in [0.05, 0.1) is 0 Å². The van der Waals surface area contributed by atoms with Gasteiger partial charge in [-0.3, -0.25) is 0 Å². The highest BCUT2D eigenvalue weighted by molar-refractivity contribution is 9.10. The number of hydrogen-bond acceptors (Lipinski definition) is 4. The number of rotatable bonds is 4. The molecule has 2 rings (SSSR count). The normalized spacial score (nSPS) is 10.3. The maximum Gasteiger partial charge on any atom is 0.346 e. The van der Waals surface area contributed by atoms with Crippen molar-refractivity contribution in [2.75, 3.05) is 0 Å². The second kappa shape index (κ2) is 4.71. The lowest BCUT2D eigenvalue weighted by atomic mass is 10.4. The molecular weight excluding hydrogens is 296 g/mol. The molecule has 0 radical (unpaired) electrons. The Hall–Kier alpha value is -1.27. The van der Waals surface area contributed by atoms with Gasteiger partial charge in [-0.05, 0) is 28.1 Å². The highest BCUT2D eigenvalue weighted by atomic mass is 79.9. The summed E-state index contributed by atoms with van der Waals surface area (Å²) in [5.41, 5.74) is 0. The van der Waals surface area contributed by atoms with Crippen molar-refractivity contribution in [3.8, 4) is 5.75 Å². The number of hydrogen-bond donors (Lipinski definition) is 1. The summed E-state index contributed by atoms with van der Waals surface area (Å²) in [6.45, 7) is 0.279. The quantitative estimate of drug-likeness (QED) is 0.940. The molecule has 0 saturated heterocycles. The highest BCUT2D eigenvalue weighted by Gasteiger charge is 2.08.